The Labute approximate surface area is 139 Å². The van der Waals surface area contributed by atoms with Crippen molar-refractivity contribution < 1.29 is 13.9 Å². The van der Waals surface area contributed by atoms with E-state index in [1.807, 2.05) is 37.2 Å². The molecule has 1 N–H and O–H groups in total. The van der Waals surface area contributed by atoms with E-state index in [0.717, 1.165) is 17.0 Å². The van der Waals surface area contributed by atoms with Crippen molar-refractivity contribution in [3.05, 3.63) is 59.7 Å². The maximum absolute atomic E-state index is 13.5. The fourth-order valence-electron chi connectivity index (χ4n) is 2.59. The van der Waals surface area contributed by atoms with Crippen molar-refractivity contribution in [1.82, 2.24) is 14.7 Å². The molecule has 2 aromatic heterocycles. The van der Waals surface area contributed by atoms with Crippen molar-refractivity contribution in [3.63, 3.8) is 0 Å². The van der Waals surface area contributed by atoms with Gasteiger partial charge >= 0.3 is 0 Å². The maximum Gasteiger partial charge on any atom is 0.154 e. The molecule has 0 aliphatic heterocycles. The predicted octanol–water partition coefficient (Wildman–Crippen LogP) is 3.00. The summed E-state index contributed by atoms with van der Waals surface area (Å²) in [5.74, 6) is 1.17. The number of rotatable bonds is 6. The summed E-state index contributed by atoms with van der Waals surface area (Å²) in [6.07, 6.45) is 1.87. The molecule has 0 radical (unpaired) electrons. The minimum absolute atomic E-state index is 0.0870. The first kappa shape index (κ1) is 16.4. The number of nitrogens with zero attached hydrogens (tertiary/aromatic N) is 3. The van der Waals surface area contributed by atoms with Crippen LogP contribution in [0.2, 0.25) is 0 Å². The first-order valence-electron chi connectivity index (χ1n) is 7.77. The normalized spacial score (nSPS) is 11.4. The molecule has 24 heavy (non-hydrogen) atoms. The van der Waals surface area contributed by atoms with Crippen molar-refractivity contribution in [2.45, 2.75) is 13.5 Å². The lowest BCUT2D eigenvalue weighted by atomic mass is 10.2. The van der Waals surface area contributed by atoms with Crippen LogP contribution in [0, 0.1) is 12.7 Å². The number of aryl methyl sites for hydroxylation is 1. The van der Waals surface area contributed by atoms with Gasteiger partial charge in [0.2, 0.25) is 0 Å². The summed E-state index contributed by atoms with van der Waals surface area (Å²) in [4.78, 5) is 1.99. The number of hydrogen-bond acceptors (Lipinski definition) is 4. The van der Waals surface area contributed by atoms with Crippen molar-refractivity contribution in [3.8, 4) is 17.1 Å². The fraction of sp³-hybridized carbons (Fsp3) is 0.278. The third-order valence-corrected chi connectivity index (χ3v) is 3.76. The second-order valence-electron chi connectivity index (χ2n) is 5.80. The quantitative estimate of drug-likeness (QED) is 0.755. The Bertz CT molecular complexity index is 825. The molecule has 0 bridgehead atoms. The van der Waals surface area contributed by atoms with Gasteiger partial charge in [-0.3, -0.25) is 4.90 Å². The molecule has 6 heteroatoms. The van der Waals surface area contributed by atoms with Gasteiger partial charge in [-0.15, -0.1) is 0 Å². The Morgan fingerprint density at radius 2 is 2.12 bits per heavy atom. The summed E-state index contributed by atoms with van der Waals surface area (Å²) in [7, 11) is 1.92. The van der Waals surface area contributed by atoms with Gasteiger partial charge in [0.1, 0.15) is 17.3 Å². The van der Waals surface area contributed by atoms with Gasteiger partial charge in [-0.1, -0.05) is 6.07 Å². The Hall–Kier alpha value is -2.44. The molecule has 0 spiro atoms. The van der Waals surface area contributed by atoms with Crippen LogP contribution >= 0.6 is 0 Å². The van der Waals surface area contributed by atoms with Gasteiger partial charge in [-0.25, -0.2) is 9.07 Å². The van der Waals surface area contributed by atoms with E-state index in [4.69, 9.17) is 9.52 Å². The zero-order valence-corrected chi connectivity index (χ0v) is 13.7. The maximum atomic E-state index is 13.5. The number of likely N-dealkylation sites (N-methyl/N-ethyl adjacent to an activating group) is 1. The minimum Gasteiger partial charge on any atom is -0.460 e. The van der Waals surface area contributed by atoms with Crippen LogP contribution < -0.4 is 0 Å². The predicted molar refractivity (Wildman–Crippen MR) is 89.4 cm³/mol. The standard InChI is InChI=1S/C18H20FN3O2/c1-13-6-7-17(24-13)18-14(11-21(2)8-9-23)12-22(20-18)16-5-3-4-15(19)10-16/h3-7,10,12,23H,8-9,11H2,1-2H3. The third-order valence-electron chi connectivity index (χ3n) is 3.76. The molecular weight excluding hydrogens is 309 g/mol. The van der Waals surface area contributed by atoms with Gasteiger partial charge in [0, 0.05) is 24.8 Å². The van der Waals surface area contributed by atoms with E-state index in [1.165, 1.54) is 12.1 Å². The SMILES string of the molecule is Cc1ccc(-c2nn(-c3cccc(F)c3)cc2CN(C)CCO)o1. The number of hydrogen-bond donors (Lipinski definition) is 1. The van der Waals surface area contributed by atoms with E-state index in [-0.39, 0.29) is 12.4 Å². The van der Waals surface area contributed by atoms with Gasteiger partial charge in [-0.2, -0.15) is 5.10 Å². The summed E-state index contributed by atoms with van der Waals surface area (Å²) in [5.41, 5.74) is 2.32. The van der Waals surface area contributed by atoms with Gasteiger partial charge in [0.15, 0.2) is 5.76 Å². The lowest BCUT2D eigenvalue weighted by Crippen LogP contribution is -2.21. The average molecular weight is 329 g/mol. The molecule has 3 rings (SSSR count). The first-order chi connectivity index (χ1) is 11.6. The van der Waals surface area contributed by atoms with Crippen LogP contribution in [0.3, 0.4) is 0 Å². The lowest BCUT2D eigenvalue weighted by Gasteiger charge is -2.14. The van der Waals surface area contributed by atoms with E-state index >= 15 is 0 Å². The zero-order valence-electron chi connectivity index (χ0n) is 13.7. The van der Waals surface area contributed by atoms with E-state index < -0.39 is 0 Å². The summed E-state index contributed by atoms with van der Waals surface area (Å²) in [6, 6.07) is 10.1. The van der Waals surface area contributed by atoms with Gasteiger partial charge < -0.3 is 9.52 Å². The van der Waals surface area contributed by atoms with Crippen LogP contribution in [0.15, 0.2) is 47.0 Å². The lowest BCUT2D eigenvalue weighted by molar-refractivity contribution is 0.217. The topological polar surface area (TPSA) is 54.4 Å². The monoisotopic (exact) mass is 329 g/mol. The third kappa shape index (κ3) is 3.55. The Morgan fingerprint density at radius 3 is 2.79 bits per heavy atom. The number of benzene rings is 1. The van der Waals surface area contributed by atoms with Crippen molar-refractivity contribution >= 4 is 0 Å². The highest BCUT2D eigenvalue weighted by molar-refractivity contribution is 5.57. The molecule has 0 saturated heterocycles. The highest BCUT2D eigenvalue weighted by Gasteiger charge is 2.16. The van der Waals surface area contributed by atoms with Crippen LogP contribution in [-0.4, -0.2) is 40.0 Å². The highest BCUT2D eigenvalue weighted by atomic mass is 19.1. The van der Waals surface area contributed by atoms with Crippen molar-refractivity contribution in [2.75, 3.05) is 20.2 Å². The number of aliphatic hydroxyl groups excluding tert-OH is 1. The second kappa shape index (κ2) is 6.98. The largest absolute Gasteiger partial charge is 0.460 e. The van der Waals surface area contributed by atoms with Crippen LogP contribution in [0.4, 0.5) is 4.39 Å². The van der Waals surface area contributed by atoms with Crippen LogP contribution in [0.25, 0.3) is 17.1 Å². The summed E-state index contributed by atoms with van der Waals surface area (Å²) < 4.78 is 20.9. The molecule has 2 heterocycles. The van der Waals surface area contributed by atoms with Gasteiger partial charge in [0.05, 0.1) is 12.3 Å². The van der Waals surface area contributed by atoms with Gasteiger partial charge in [-0.05, 0) is 44.3 Å². The van der Waals surface area contributed by atoms with Crippen LogP contribution in [-0.2, 0) is 6.54 Å². The summed E-state index contributed by atoms with van der Waals surface area (Å²) >= 11 is 0. The molecule has 0 fully saturated rings. The molecule has 3 aromatic rings. The van der Waals surface area contributed by atoms with E-state index in [1.54, 1.807) is 16.8 Å². The fourth-order valence-corrected chi connectivity index (χ4v) is 2.59. The molecule has 0 atom stereocenters. The molecular formula is C18H20FN3O2. The Balaban J connectivity index is 2.01. The number of aromatic nitrogens is 2. The number of aliphatic hydroxyl groups is 1. The van der Waals surface area contributed by atoms with Crippen molar-refractivity contribution in [2.24, 2.45) is 0 Å². The molecule has 0 amide bonds. The first-order valence-corrected chi connectivity index (χ1v) is 7.77. The smallest absolute Gasteiger partial charge is 0.154 e. The average Bonchev–Trinajstić information content (AvgIpc) is 3.14. The van der Waals surface area contributed by atoms with Crippen LogP contribution in [0.5, 0.6) is 0 Å². The molecule has 0 aliphatic rings. The Morgan fingerprint density at radius 1 is 1.29 bits per heavy atom. The molecule has 0 unspecified atom stereocenters. The minimum atomic E-state index is -0.308. The molecule has 126 valence electrons. The van der Waals surface area contributed by atoms with E-state index in [2.05, 4.69) is 5.10 Å². The summed E-state index contributed by atoms with van der Waals surface area (Å²) in [5, 5.41) is 13.7. The second-order valence-corrected chi connectivity index (χ2v) is 5.80. The molecule has 0 saturated carbocycles. The summed E-state index contributed by atoms with van der Waals surface area (Å²) in [6.45, 7) is 3.13. The number of halogens is 1. The Kier molecular flexibility index (Phi) is 4.78. The molecule has 1 aromatic carbocycles. The van der Waals surface area contributed by atoms with E-state index in [0.29, 0.717) is 24.5 Å². The van der Waals surface area contributed by atoms with Gasteiger partial charge in [0.25, 0.3) is 0 Å². The zero-order chi connectivity index (χ0) is 17.1. The van der Waals surface area contributed by atoms with E-state index in [9.17, 15) is 4.39 Å². The molecule has 0 aliphatic carbocycles. The van der Waals surface area contributed by atoms with Crippen molar-refractivity contribution in [1.29, 1.82) is 0 Å². The van der Waals surface area contributed by atoms with Crippen LogP contribution in [0.1, 0.15) is 11.3 Å². The highest BCUT2D eigenvalue weighted by Crippen LogP contribution is 2.26. The molecule has 5 nitrogen and oxygen atoms in total. The number of furan rings is 1.